The van der Waals surface area contributed by atoms with Crippen molar-refractivity contribution < 1.29 is 8.63 Å². The highest BCUT2D eigenvalue weighted by Crippen LogP contribution is 2.70. The Morgan fingerprint density at radius 3 is 1.14 bits per heavy atom. The number of rotatable bonds is 6. The average Bonchev–Trinajstić information content (AvgIpc) is 2.86. The summed E-state index contributed by atoms with van der Waals surface area (Å²) in [6.07, 6.45) is 3.68. The van der Waals surface area contributed by atoms with E-state index >= 15 is 8.63 Å². The van der Waals surface area contributed by atoms with Gasteiger partial charge in [-0.3, -0.25) is 8.63 Å². The normalized spacial score (nSPS) is 19.4. The van der Waals surface area contributed by atoms with Crippen LogP contribution in [0.1, 0.15) is 95.4 Å². The summed E-state index contributed by atoms with van der Waals surface area (Å²) in [4.78, 5) is 5.71. The van der Waals surface area contributed by atoms with Crippen LogP contribution in [0.15, 0.2) is 216 Å². The van der Waals surface area contributed by atoms with E-state index in [-0.39, 0.29) is 23.7 Å². The van der Waals surface area contributed by atoms with Gasteiger partial charge in [-0.2, -0.15) is 0 Å². The summed E-state index contributed by atoms with van der Waals surface area (Å²) in [6.45, 7) is 2.14. The van der Waals surface area contributed by atoms with Gasteiger partial charge in [0.1, 0.15) is 3.72 Å². The maximum Gasteiger partial charge on any atom is 0.678 e. The number of nitrogens with zero attached hydrogens (tertiary/aromatic N) is 2. The zero-order chi connectivity index (χ0) is 53.7. The van der Waals surface area contributed by atoms with Crippen molar-refractivity contribution in [3.05, 3.63) is 254 Å². The molecule has 0 amide bonds. The molecule has 0 radical (unpaired) electrons. The van der Waals surface area contributed by atoms with Crippen molar-refractivity contribution in [1.82, 2.24) is 4.48 Å². The van der Waals surface area contributed by atoms with Crippen LogP contribution in [0.5, 0.6) is 0 Å². The zero-order valence-electron chi connectivity index (χ0n) is 44.1. The van der Waals surface area contributed by atoms with Gasteiger partial charge >= 0.3 is 7.40 Å². The second kappa shape index (κ2) is 17.3. The topological polar surface area (TPSA) is 17.3 Å². The number of hydrogen-bond acceptors (Lipinski definition) is 1. The predicted octanol–water partition coefficient (Wildman–Crippen LogP) is 21.1. The molecule has 8 aliphatic carbocycles. The standard InChI is InChI=1S/C74H47BF2I2N2/c1-38(71-67-49-34-36-51(69(67)73(78)80-71)65-57(43-22-10-4-11-23-43)61-47-32-16-28-39-26-14-30-45(53(39)47)59(61)55(63(49)65)41-18-6-2-7-19-41)72-68-50-35-37-52(70(68)74(79)81(72)75(76)77)66-58(44-24-12-5-13-25-44)62-48-33-17-29-40-27-15-31-46(54(40)48)60(62)56(64(50)66)42-20-8-3-9-21-42/h2-33,49-52H,34-37H2,1H3/b71-38-. The van der Waals surface area contributed by atoms with Crippen molar-refractivity contribution in [2.75, 3.05) is 0 Å². The van der Waals surface area contributed by atoms with Crippen molar-refractivity contribution in [3.8, 4) is 89.0 Å². The first-order valence-electron chi connectivity index (χ1n) is 28.5. The first-order chi connectivity index (χ1) is 39.9. The molecule has 4 atom stereocenters. The van der Waals surface area contributed by atoms with E-state index in [1.807, 2.05) is 0 Å². The molecule has 4 unspecified atom stereocenters. The number of fused-ring (bicyclic) bond motifs is 8. The second-order valence-electron chi connectivity index (χ2n) is 23.2. The molecule has 0 saturated carbocycles. The van der Waals surface area contributed by atoms with E-state index in [2.05, 4.69) is 246 Å². The van der Waals surface area contributed by atoms with Gasteiger partial charge in [-0.1, -0.05) is 194 Å². The van der Waals surface area contributed by atoms with Crippen LogP contribution >= 0.6 is 45.2 Å². The van der Waals surface area contributed by atoms with Crippen LogP contribution in [0, 0.1) is 3.70 Å². The number of halogens is 4. The Morgan fingerprint density at radius 1 is 0.407 bits per heavy atom. The number of hydrogen-bond donors (Lipinski definition) is 0. The quantitative estimate of drug-likeness (QED) is 0.117. The second-order valence-corrected chi connectivity index (χ2v) is 25.3. The highest BCUT2D eigenvalue weighted by molar-refractivity contribution is 14.1. The Labute approximate surface area is 496 Å². The largest absolute Gasteiger partial charge is 0.678 e. The van der Waals surface area contributed by atoms with E-state index < -0.39 is 7.40 Å². The zero-order valence-corrected chi connectivity index (χ0v) is 48.4. The molecule has 9 aliphatic rings. The van der Waals surface area contributed by atoms with Crippen molar-refractivity contribution in [2.45, 2.75) is 56.3 Å². The molecule has 0 spiro atoms. The molecule has 1 aliphatic heterocycles. The Bertz CT molecular complexity index is 4760. The smallest absolute Gasteiger partial charge is 0.320 e. The molecule has 7 heteroatoms. The Hall–Kier alpha value is -7.47. The molecule has 11 aromatic rings. The van der Waals surface area contributed by atoms with Gasteiger partial charge < -0.3 is 4.48 Å². The molecule has 81 heavy (non-hydrogen) atoms. The Kier molecular flexibility index (Phi) is 10.1. The van der Waals surface area contributed by atoms with Crippen LogP contribution in [0.2, 0.25) is 0 Å². The monoisotopic (exact) mass is 1270 g/mol. The van der Waals surface area contributed by atoms with E-state index in [0.717, 1.165) is 51.8 Å². The third-order valence-corrected chi connectivity index (χ3v) is 21.6. The van der Waals surface area contributed by atoms with Crippen molar-refractivity contribution >= 4 is 83.4 Å². The van der Waals surface area contributed by atoms with Crippen molar-refractivity contribution in [3.63, 3.8) is 0 Å². The van der Waals surface area contributed by atoms with Gasteiger partial charge in [0.15, 0.2) is 0 Å². The summed E-state index contributed by atoms with van der Waals surface area (Å²) in [7, 11) is -2.77. The lowest BCUT2D eigenvalue weighted by molar-refractivity contribution is 0.523. The molecule has 2 heterocycles. The summed E-state index contributed by atoms with van der Waals surface area (Å²) < 4.78 is 36.7. The van der Waals surface area contributed by atoms with Gasteiger partial charge in [0.2, 0.25) is 0 Å². The minimum atomic E-state index is -2.77. The Morgan fingerprint density at radius 2 is 0.753 bits per heavy atom. The summed E-state index contributed by atoms with van der Waals surface area (Å²) in [5.41, 5.74) is 32.5. The summed E-state index contributed by atoms with van der Waals surface area (Å²) in [5, 5.41) is 5.08. The van der Waals surface area contributed by atoms with Crippen LogP contribution in [0.3, 0.4) is 0 Å². The first-order valence-corrected chi connectivity index (χ1v) is 30.7. The summed E-state index contributed by atoms with van der Waals surface area (Å²) in [5.74, 6) is -0.198. The average molecular weight is 1270 g/mol. The van der Waals surface area contributed by atoms with E-state index in [1.54, 1.807) is 0 Å². The molecule has 0 saturated heterocycles. The highest BCUT2D eigenvalue weighted by atomic mass is 127. The van der Waals surface area contributed by atoms with E-state index in [0.29, 0.717) is 9.39 Å². The molecule has 2 nitrogen and oxygen atoms in total. The molecule has 10 aromatic carbocycles. The highest BCUT2D eigenvalue weighted by Gasteiger charge is 2.52. The van der Waals surface area contributed by atoms with Crippen LogP contribution in [0.4, 0.5) is 8.63 Å². The summed E-state index contributed by atoms with van der Waals surface area (Å²) >= 11 is 4.82. The minimum absolute atomic E-state index is 0.0149. The van der Waals surface area contributed by atoms with Gasteiger partial charge in [-0.25, -0.2) is 4.99 Å². The van der Waals surface area contributed by atoms with Gasteiger partial charge in [0, 0.05) is 29.4 Å². The molecule has 20 rings (SSSR count). The SMILES string of the molecule is C/C(=C1/N=C(I)C2=C1C1CCC2c2c(-c3ccccc3)c3c(c(-c4ccccc4)c21)-c1cccc2cccc-3c12)c1c2c(c(I)n1B(F)F)C1CCC2c2c(-c3ccccc3)c3c(c(-c4ccccc4)c21)-c1cccc2cccc-3c12. The molecular weight excluding hydrogens is 1220 g/mol. The van der Waals surface area contributed by atoms with E-state index in [9.17, 15) is 0 Å². The fourth-order valence-electron chi connectivity index (χ4n) is 17.0. The van der Waals surface area contributed by atoms with Gasteiger partial charge in [-0.15, -0.1) is 0 Å². The van der Waals surface area contributed by atoms with Gasteiger partial charge in [-0.05, 0) is 238 Å². The first kappa shape index (κ1) is 47.2. The number of aromatic nitrogens is 1. The third kappa shape index (κ3) is 6.13. The number of benzene rings is 10. The maximum atomic E-state index is 16.8. The van der Waals surface area contributed by atoms with Crippen molar-refractivity contribution in [2.24, 2.45) is 4.99 Å². The number of aliphatic imine (C=N–C) groups is 1. The van der Waals surface area contributed by atoms with Crippen LogP contribution in [-0.2, 0) is 0 Å². The molecular formula is C74H47BF2I2N2. The van der Waals surface area contributed by atoms with Crippen LogP contribution in [-0.4, -0.2) is 15.6 Å². The fourth-order valence-corrected chi connectivity index (χ4v) is 19.0. The molecule has 0 fully saturated rings. The van der Waals surface area contributed by atoms with Crippen molar-refractivity contribution in [1.29, 1.82) is 0 Å². The number of allylic oxidation sites excluding steroid dienone is 3. The molecule has 4 bridgehead atoms. The summed E-state index contributed by atoms with van der Waals surface area (Å²) in [6, 6.07) is 71.2. The predicted molar refractivity (Wildman–Crippen MR) is 348 cm³/mol. The lowest BCUT2D eigenvalue weighted by Crippen LogP contribution is -2.28. The lowest BCUT2D eigenvalue weighted by Gasteiger charge is -2.44. The van der Waals surface area contributed by atoms with Crippen LogP contribution in [0.25, 0.3) is 116 Å². The Balaban J connectivity index is 0.914. The van der Waals surface area contributed by atoms with Crippen LogP contribution < -0.4 is 0 Å². The lowest BCUT2D eigenvalue weighted by atomic mass is 9.59. The van der Waals surface area contributed by atoms with E-state index in [4.69, 9.17) is 4.99 Å². The fraction of sp³-hybridized carbons (Fsp3) is 0.122. The minimum Gasteiger partial charge on any atom is -0.320 e. The van der Waals surface area contributed by atoms with Gasteiger partial charge in [0.25, 0.3) is 0 Å². The molecule has 384 valence electrons. The van der Waals surface area contributed by atoms with E-state index in [1.165, 1.54) is 148 Å². The van der Waals surface area contributed by atoms with Gasteiger partial charge in [0.05, 0.1) is 9.40 Å². The maximum absolute atomic E-state index is 16.8. The molecule has 0 N–H and O–H groups in total. The third-order valence-electron chi connectivity index (χ3n) is 19.7. The molecule has 1 aromatic heterocycles.